The molecule has 11 heteroatoms. The summed E-state index contributed by atoms with van der Waals surface area (Å²) in [5, 5.41) is 16.9. The van der Waals surface area contributed by atoms with Gasteiger partial charge in [-0.15, -0.1) is 0 Å². The smallest absolute Gasteiger partial charge is 0.267 e. The molecular formula is C28H28FN5O5. The first kappa shape index (κ1) is 28.8. The quantitative estimate of drug-likeness (QED) is 0.124. The number of nitrogens with two attached hydrogens (primary N) is 1. The van der Waals surface area contributed by atoms with Gasteiger partial charge < -0.3 is 26.4 Å². The third-order valence-electron chi connectivity index (χ3n) is 5.42. The Kier molecular flexibility index (Phi) is 11.0. The minimum atomic E-state index is -1.06. The minimum absolute atomic E-state index is 0.0566. The highest BCUT2D eigenvalue weighted by Crippen LogP contribution is 2.17. The van der Waals surface area contributed by atoms with E-state index in [2.05, 4.69) is 27.8 Å². The van der Waals surface area contributed by atoms with Crippen molar-refractivity contribution in [3.63, 3.8) is 0 Å². The number of ether oxygens (including phenoxy) is 1. The van der Waals surface area contributed by atoms with Crippen molar-refractivity contribution in [1.82, 2.24) is 16.1 Å². The molecule has 0 aliphatic heterocycles. The SMILES string of the molecule is NC[C@H](NC(=O)c1ccc(C#Cc2ccc(NC(=O)CNCc3ccccc3OCF)cc2)cc1)C(=O)NO. The van der Waals surface area contributed by atoms with Gasteiger partial charge in [-0.2, -0.15) is 0 Å². The fourth-order valence-electron chi connectivity index (χ4n) is 3.40. The second-order valence-corrected chi connectivity index (χ2v) is 8.16. The van der Waals surface area contributed by atoms with E-state index < -0.39 is 24.7 Å². The van der Waals surface area contributed by atoms with Crippen LogP contribution in [0.2, 0.25) is 0 Å². The van der Waals surface area contributed by atoms with E-state index in [0.717, 1.165) is 11.1 Å². The highest BCUT2D eigenvalue weighted by Gasteiger charge is 2.19. The maximum absolute atomic E-state index is 12.5. The number of para-hydroxylation sites is 1. The molecular weight excluding hydrogens is 505 g/mol. The molecule has 3 rings (SSSR count). The second kappa shape index (κ2) is 14.8. The zero-order valence-electron chi connectivity index (χ0n) is 20.9. The van der Waals surface area contributed by atoms with E-state index in [0.29, 0.717) is 29.1 Å². The van der Waals surface area contributed by atoms with Crippen LogP contribution < -0.4 is 31.9 Å². The highest BCUT2D eigenvalue weighted by atomic mass is 19.1. The highest BCUT2D eigenvalue weighted by molar-refractivity contribution is 5.97. The summed E-state index contributed by atoms with van der Waals surface area (Å²) >= 11 is 0. The lowest BCUT2D eigenvalue weighted by Crippen LogP contribution is -2.50. The van der Waals surface area contributed by atoms with Crippen LogP contribution in [0, 0.1) is 11.8 Å². The lowest BCUT2D eigenvalue weighted by Gasteiger charge is -2.14. The third-order valence-corrected chi connectivity index (χ3v) is 5.42. The molecule has 3 aromatic rings. The van der Waals surface area contributed by atoms with Crippen molar-refractivity contribution in [2.24, 2.45) is 5.73 Å². The van der Waals surface area contributed by atoms with E-state index in [9.17, 15) is 18.8 Å². The summed E-state index contributed by atoms with van der Waals surface area (Å²) in [5.41, 5.74) is 9.93. The Labute approximate surface area is 224 Å². The van der Waals surface area contributed by atoms with Gasteiger partial charge in [0, 0.05) is 41.0 Å². The Morgan fingerprint density at radius 3 is 2.21 bits per heavy atom. The molecule has 0 fully saturated rings. The molecule has 0 saturated carbocycles. The molecule has 7 N–H and O–H groups in total. The number of halogens is 1. The molecule has 0 saturated heterocycles. The van der Waals surface area contributed by atoms with Crippen molar-refractivity contribution in [3.8, 4) is 17.6 Å². The molecule has 39 heavy (non-hydrogen) atoms. The van der Waals surface area contributed by atoms with Crippen molar-refractivity contribution in [2.45, 2.75) is 12.6 Å². The van der Waals surface area contributed by atoms with Gasteiger partial charge in [-0.05, 0) is 54.6 Å². The van der Waals surface area contributed by atoms with Gasteiger partial charge >= 0.3 is 0 Å². The fraction of sp³-hybridized carbons (Fsp3) is 0.179. The van der Waals surface area contributed by atoms with Gasteiger partial charge in [-0.1, -0.05) is 30.0 Å². The largest absolute Gasteiger partial charge is 0.463 e. The van der Waals surface area contributed by atoms with Crippen molar-refractivity contribution in [2.75, 3.05) is 25.3 Å². The second-order valence-electron chi connectivity index (χ2n) is 8.16. The monoisotopic (exact) mass is 533 g/mol. The number of hydrogen-bond donors (Lipinski definition) is 6. The Hall–Kier alpha value is -4.76. The lowest BCUT2D eigenvalue weighted by molar-refractivity contribution is -0.130. The summed E-state index contributed by atoms with van der Waals surface area (Å²) in [6.07, 6.45) is 0. The van der Waals surface area contributed by atoms with Gasteiger partial charge in [0.15, 0.2) is 0 Å². The summed E-state index contributed by atoms with van der Waals surface area (Å²) in [4.78, 5) is 36.0. The van der Waals surface area contributed by atoms with Gasteiger partial charge in [-0.25, -0.2) is 9.87 Å². The standard InChI is InChI=1S/C28H28FN5O5/c29-18-39-25-4-2-1-3-22(25)16-31-17-26(35)32-23-13-9-20(10-14-23)6-5-19-7-11-21(12-8-19)27(36)33-24(15-30)28(37)34-38/h1-4,7-14,24,31,38H,15-18,30H2,(H,32,35)(H,33,36)(H,34,37)/t24-/m0/s1. The van der Waals surface area contributed by atoms with E-state index >= 15 is 0 Å². The number of carbonyl (C=O) groups excluding carboxylic acids is 3. The molecule has 0 aliphatic rings. The Morgan fingerprint density at radius 2 is 1.59 bits per heavy atom. The number of nitrogens with one attached hydrogen (secondary N) is 4. The molecule has 0 aromatic heterocycles. The molecule has 3 aromatic carbocycles. The van der Waals surface area contributed by atoms with E-state index in [4.69, 9.17) is 15.7 Å². The summed E-state index contributed by atoms with van der Waals surface area (Å²) in [5.74, 6) is 4.87. The number of amides is 3. The van der Waals surface area contributed by atoms with E-state index in [-0.39, 0.29) is 19.0 Å². The minimum Gasteiger partial charge on any atom is -0.463 e. The summed E-state index contributed by atoms with van der Waals surface area (Å²) in [6.45, 7) is -0.692. The summed E-state index contributed by atoms with van der Waals surface area (Å²) in [6, 6.07) is 19.4. The molecule has 0 spiro atoms. The Bertz CT molecular complexity index is 1340. The molecule has 0 heterocycles. The van der Waals surface area contributed by atoms with Crippen LogP contribution in [-0.2, 0) is 16.1 Å². The first-order chi connectivity index (χ1) is 18.9. The van der Waals surface area contributed by atoms with Crippen LogP contribution in [0.5, 0.6) is 5.75 Å². The van der Waals surface area contributed by atoms with Gasteiger partial charge in [-0.3, -0.25) is 19.6 Å². The first-order valence-corrected chi connectivity index (χ1v) is 11.9. The third kappa shape index (κ3) is 8.94. The predicted octanol–water partition coefficient (Wildman–Crippen LogP) is 1.68. The maximum atomic E-state index is 12.5. The van der Waals surface area contributed by atoms with Gasteiger partial charge in [0.1, 0.15) is 11.8 Å². The zero-order valence-corrected chi connectivity index (χ0v) is 20.9. The average Bonchev–Trinajstić information content (AvgIpc) is 2.96. The number of alkyl halides is 1. The van der Waals surface area contributed by atoms with Crippen molar-refractivity contribution in [1.29, 1.82) is 0 Å². The molecule has 0 radical (unpaired) electrons. The van der Waals surface area contributed by atoms with Gasteiger partial charge in [0.25, 0.3) is 11.8 Å². The molecule has 10 nitrogen and oxygen atoms in total. The number of rotatable bonds is 11. The molecule has 0 unspecified atom stereocenters. The molecule has 0 bridgehead atoms. The van der Waals surface area contributed by atoms with Gasteiger partial charge in [0.2, 0.25) is 12.8 Å². The van der Waals surface area contributed by atoms with E-state index in [1.807, 2.05) is 6.07 Å². The van der Waals surface area contributed by atoms with Crippen LogP contribution in [0.15, 0.2) is 72.8 Å². The van der Waals surface area contributed by atoms with Crippen LogP contribution in [0.4, 0.5) is 10.1 Å². The van der Waals surface area contributed by atoms with Crippen molar-refractivity contribution >= 4 is 23.4 Å². The molecule has 0 aliphatic carbocycles. The Balaban J connectivity index is 1.49. The van der Waals surface area contributed by atoms with Gasteiger partial charge in [0.05, 0.1) is 6.54 Å². The number of anilines is 1. The lowest BCUT2D eigenvalue weighted by atomic mass is 10.1. The van der Waals surface area contributed by atoms with Crippen molar-refractivity contribution in [3.05, 3.63) is 95.1 Å². The predicted molar refractivity (Wildman–Crippen MR) is 142 cm³/mol. The number of hydroxylamine groups is 1. The summed E-state index contributed by atoms with van der Waals surface area (Å²) < 4.78 is 17.4. The first-order valence-electron chi connectivity index (χ1n) is 11.9. The number of benzene rings is 3. The van der Waals surface area contributed by atoms with Crippen LogP contribution in [0.25, 0.3) is 0 Å². The molecule has 3 amide bonds. The van der Waals surface area contributed by atoms with E-state index in [1.54, 1.807) is 66.7 Å². The fourth-order valence-corrected chi connectivity index (χ4v) is 3.40. The van der Waals surface area contributed by atoms with Crippen LogP contribution in [0.1, 0.15) is 27.0 Å². The van der Waals surface area contributed by atoms with Crippen molar-refractivity contribution < 1.29 is 28.7 Å². The maximum Gasteiger partial charge on any atom is 0.267 e. The zero-order chi connectivity index (χ0) is 28.0. The van der Waals surface area contributed by atoms with Crippen LogP contribution in [-0.4, -0.2) is 48.9 Å². The topological polar surface area (TPSA) is 155 Å². The Morgan fingerprint density at radius 1 is 0.949 bits per heavy atom. The van der Waals surface area contributed by atoms with Crippen LogP contribution >= 0.6 is 0 Å². The average molecular weight is 534 g/mol. The van der Waals surface area contributed by atoms with E-state index in [1.165, 1.54) is 5.48 Å². The summed E-state index contributed by atoms with van der Waals surface area (Å²) in [7, 11) is 0. The molecule has 1 atom stereocenters. The normalized spacial score (nSPS) is 10.9. The molecule has 202 valence electrons. The number of hydrogen-bond acceptors (Lipinski definition) is 7. The van der Waals surface area contributed by atoms with Crippen LogP contribution in [0.3, 0.4) is 0 Å². The number of carbonyl (C=O) groups is 3.